The second kappa shape index (κ2) is 9.26. The summed E-state index contributed by atoms with van der Waals surface area (Å²) in [5, 5.41) is 3.33. The molecule has 114 valence electrons. The van der Waals surface area contributed by atoms with Crippen molar-refractivity contribution in [3.8, 4) is 11.5 Å². The van der Waals surface area contributed by atoms with E-state index in [1.54, 1.807) is 26.0 Å². The molecule has 0 aliphatic carbocycles. The highest BCUT2D eigenvalue weighted by Crippen LogP contribution is 2.34. The highest BCUT2D eigenvalue weighted by atomic mass is 32.2. The fraction of sp³-hybridized carbons (Fsp3) is 0.571. The van der Waals surface area contributed by atoms with Crippen LogP contribution in [-0.2, 0) is 17.3 Å². The lowest BCUT2D eigenvalue weighted by molar-refractivity contribution is 0.353. The molecule has 1 aromatic carbocycles. The first-order valence-electron chi connectivity index (χ1n) is 6.50. The highest BCUT2D eigenvalue weighted by Gasteiger charge is 2.10. The van der Waals surface area contributed by atoms with E-state index in [2.05, 4.69) is 5.32 Å². The molecule has 0 aliphatic rings. The predicted octanol–water partition coefficient (Wildman–Crippen LogP) is 2.28. The number of rotatable bonds is 9. The van der Waals surface area contributed by atoms with Gasteiger partial charge in [0.2, 0.25) is 0 Å². The lowest BCUT2D eigenvalue weighted by atomic mass is 10.2. The number of methoxy groups -OCH3 is 2. The Hall–Kier alpha value is -0.720. The van der Waals surface area contributed by atoms with Crippen LogP contribution in [0.25, 0.3) is 0 Å². The van der Waals surface area contributed by atoms with Gasteiger partial charge in [0, 0.05) is 40.3 Å². The van der Waals surface area contributed by atoms with Crippen molar-refractivity contribution in [2.24, 2.45) is 0 Å². The van der Waals surface area contributed by atoms with Gasteiger partial charge in [-0.05, 0) is 24.0 Å². The van der Waals surface area contributed by atoms with Gasteiger partial charge in [0.1, 0.15) is 0 Å². The molecule has 1 atom stereocenters. The smallest absolute Gasteiger partial charge is 0.161 e. The molecule has 4 nitrogen and oxygen atoms in total. The Balaban J connectivity index is 2.70. The Morgan fingerprint density at radius 2 is 1.90 bits per heavy atom. The second-order valence-corrected chi connectivity index (χ2v) is 6.84. The van der Waals surface area contributed by atoms with Gasteiger partial charge >= 0.3 is 0 Å². The molecule has 0 radical (unpaired) electrons. The topological polar surface area (TPSA) is 47.6 Å². The van der Waals surface area contributed by atoms with Crippen molar-refractivity contribution in [3.05, 3.63) is 17.7 Å². The van der Waals surface area contributed by atoms with Crippen molar-refractivity contribution in [1.29, 1.82) is 0 Å². The van der Waals surface area contributed by atoms with Gasteiger partial charge in [-0.25, -0.2) is 0 Å². The minimum Gasteiger partial charge on any atom is -0.493 e. The van der Waals surface area contributed by atoms with Crippen LogP contribution in [0.3, 0.4) is 0 Å². The summed E-state index contributed by atoms with van der Waals surface area (Å²) in [6, 6.07) is 3.99. The zero-order valence-corrected chi connectivity index (χ0v) is 14.2. The maximum Gasteiger partial charge on any atom is 0.161 e. The second-order valence-electron chi connectivity index (χ2n) is 4.13. The summed E-state index contributed by atoms with van der Waals surface area (Å²) < 4.78 is 22.0. The van der Waals surface area contributed by atoms with E-state index in [-0.39, 0.29) is 0 Å². The summed E-state index contributed by atoms with van der Waals surface area (Å²) in [6.07, 6.45) is 2.04. The molecule has 0 fully saturated rings. The Kier molecular flexibility index (Phi) is 8.02. The first-order valence-corrected chi connectivity index (χ1v) is 9.22. The Bertz CT molecular complexity index is 452. The highest BCUT2D eigenvalue weighted by molar-refractivity contribution is 7.98. The van der Waals surface area contributed by atoms with Crippen LogP contribution in [0.15, 0.2) is 17.0 Å². The molecule has 0 saturated heterocycles. The number of hydrogen-bond acceptors (Lipinski definition) is 5. The Morgan fingerprint density at radius 1 is 1.25 bits per heavy atom. The fourth-order valence-corrected chi connectivity index (χ4v) is 3.06. The third kappa shape index (κ3) is 5.00. The van der Waals surface area contributed by atoms with Gasteiger partial charge in [0.25, 0.3) is 0 Å². The largest absolute Gasteiger partial charge is 0.493 e. The molecule has 0 spiro atoms. The third-order valence-corrected chi connectivity index (χ3v) is 5.05. The van der Waals surface area contributed by atoms with Crippen molar-refractivity contribution in [1.82, 2.24) is 5.32 Å². The lowest BCUT2D eigenvalue weighted by Gasteiger charge is -2.14. The molecule has 1 N–H and O–H groups in total. The SMILES string of the molecule is CCS(=O)CCNCc1cc(OC)c(OC)cc1SC. The van der Waals surface area contributed by atoms with Crippen LogP contribution < -0.4 is 14.8 Å². The van der Waals surface area contributed by atoms with E-state index < -0.39 is 10.8 Å². The molecule has 0 bridgehead atoms. The molecular weight excluding hydrogens is 294 g/mol. The molecule has 1 aromatic rings. The monoisotopic (exact) mass is 317 g/mol. The molecular formula is C14H23NO3S2. The van der Waals surface area contributed by atoms with Crippen LogP contribution in [0.2, 0.25) is 0 Å². The molecule has 0 aromatic heterocycles. The van der Waals surface area contributed by atoms with Crippen molar-refractivity contribution in [2.45, 2.75) is 18.4 Å². The fourth-order valence-electron chi connectivity index (χ4n) is 1.78. The van der Waals surface area contributed by atoms with Gasteiger partial charge in [-0.3, -0.25) is 4.21 Å². The van der Waals surface area contributed by atoms with Gasteiger partial charge < -0.3 is 14.8 Å². The first-order chi connectivity index (χ1) is 9.65. The van der Waals surface area contributed by atoms with Crippen LogP contribution >= 0.6 is 11.8 Å². The van der Waals surface area contributed by atoms with E-state index >= 15 is 0 Å². The molecule has 0 amide bonds. The van der Waals surface area contributed by atoms with E-state index in [0.717, 1.165) is 35.0 Å². The van der Waals surface area contributed by atoms with Crippen molar-refractivity contribution < 1.29 is 13.7 Å². The molecule has 1 unspecified atom stereocenters. The predicted molar refractivity (Wildman–Crippen MR) is 86.6 cm³/mol. The van der Waals surface area contributed by atoms with Gasteiger partial charge in [0.15, 0.2) is 11.5 Å². The summed E-state index contributed by atoms with van der Waals surface area (Å²) in [5.41, 5.74) is 1.16. The van der Waals surface area contributed by atoms with Gasteiger partial charge in [0.05, 0.1) is 14.2 Å². The molecule has 0 heterocycles. The number of thioether (sulfide) groups is 1. The van der Waals surface area contributed by atoms with Crippen LogP contribution in [0.1, 0.15) is 12.5 Å². The van der Waals surface area contributed by atoms with E-state index in [1.807, 2.05) is 25.3 Å². The van der Waals surface area contributed by atoms with E-state index in [9.17, 15) is 4.21 Å². The minimum absolute atomic E-state index is 0.693. The lowest BCUT2D eigenvalue weighted by Crippen LogP contribution is -2.21. The maximum atomic E-state index is 11.4. The Labute approximate surface area is 128 Å². The maximum absolute atomic E-state index is 11.4. The van der Waals surface area contributed by atoms with Crippen molar-refractivity contribution in [3.63, 3.8) is 0 Å². The summed E-state index contributed by atoms with van der Waals surface area (Å²) >= 11 is 1.68. The molecule has 20 heavy (non-hydrogen) atoms. The first kappa shape index (κ1) is 17.3. The average molecular weight is 317 g/mol. The van der Waals surface area contributed by atoms with E-state index in [1.165, 1.54) is 0 Å². The van der Waals surface area contributed by atoms with E-state index in [4.69, 9.17) is 9.47 Å². The summed E-state index contributed by atoms with van der Waals surface area (Å²) in [4.78, 5) is 1.16. The molecule has 6 heteroatoms. The zero-order valence-electron chi connectivity index (χ0n) is 12.5. The zero-order chi connectivity index (χ0) is 15.0. The minimum atomic E-state index is -0.715. The third-order valence-electron chi connectivity index (χ3n) is 2.93. The van der Waals surface area contributed by atoms with Crippen molar-refractivity contribution in [2.75, 3.05) is 38.5 Å². The number of nitrogens with one attached hydrogen (secondary N) is 1. The number of ether oxygens (including phenoxy) is 2. The van der Waals surface area contributed by atoms with Crippen LogP contribution in [0.4, 0.5) is 0 Å². The van der Waals surface area contributed by atoms with Crippen molar-refractivity contribution >= 4 is 22.6 Å². The number of hydrogen-bond donors (Lipinski definition) is 1. The summed E-state index contributed by atoms with van der Waals surface area (Å²) in [5.74, 6) is 2.89. The van der Waals surface area contributed by atoms with Gasteiger partial charge in [-0.2, -0.15) is 0 Å². The van der Waals surface area contributed by atoms with Crippen LogP contribution in [0, 0.1) is 0 Å². The molecule has 0 saturated carbocycles. The molecule has 0 aliphatic heterocycles. The van der Waals surface area contributed by atoms with Gasteiger partial charge in [-0.1, -0.05) is 6.92 Å². The van der Waals surface area contributed by atoms with Crippen LogP contribution in [-0.4, -0.2) is 42.7 Å². The van der Waals surface area contributed by atoms with Crippen LogP contribution in [0.5, 0.6) is 11.5 Å². The normalized spacial score (nSPS) is 12.2. The standard InChI is InChI=1S/C14H23NO3S2/c1-5-20(16)7-6-15-10-11-8-12(17-2)13(18-3)9-14(11)19-4/h8-9,15H,5-7,10H2,1-4H3. The van der Waals surface area contributed by atoms with Gasteiger partial charge in [-0.15, -0.1) is 11.8 Å². The summed E-state index contributed by atoms with van der Waals surface area (Å²) in [7, 11) is 2.56. The Morgan fingerprint density at radius 3 is 2.45 bits per heavy atom. The summed E-state index contributed by atoms with van der Waals surface area (Å²) in [6.45, 7) is 3.43. The number of benzene rings is 1. The average Bonchev–Trinajstić information content (AvgIpc) is 2.50. The van der Waals surface area contributed by atoms with E-state index in [0.29, 0.717) is 11.5 Å². The quantitative estimate of drug-likeness (QED) is 0.559. The molecule has 1 rings (SSSR count).